The third-order valence-electron chi connectivity index (χ3n) is 13.7. The van der Waals surface area contributed by atoms with Gasteiger partial charge in [0.15, 0.2) is 0 Å². The van der Waals surface area contributed by atoms with Crippen LogP contribution in [0.3, 0.4) is 0 Å². The number of carbonyl (C=O) groups is 1. The summed E-state index contributed by atoms with van der Waals surface area (Å²) in [6.45, 7) is 4.31. The SMILES string of the molecule is CCCCCCC/C=C\C/C=C\C/C=C\CCCCCCCCCCCCC(=O)NC(CO)C(O)/C=C/CC/C=C/CCCCCCCCCCCCCCCCCCCCCCCCCC. The summed E-state index contributed by atoms with van der Waals surface area (Å²) in [4.78, 5) is 12.5. The Labute approximate surface area is 419 Å². The second-order valence-corrected chi connectivity index (χ2v) is 20.4. The molecule has 67 heavy (non-hydrogen) atoms. The maximum Gasteiger partial charge on any atom is 0.220 e. The van der Waals surface area contributed by atoms with Crippen molar-refractivity contribution in [1.82, 2.24) is 5.32 Å². The van der Waals surface area contributed by atoms with Gasteiger partial charge < -0.3 is 15.5 Å². The molecule has 3 N–H and O–H groups in total. The number of amides is 1. The van der Waals surface area contributed by atoms with E-state index in [-0.39, 0.29) is 12.5 Å². The Morgan fingerprint density at radius 1 is 0.358 bits per heavy atom. The molecule has 0 aliphatic heterocycles. The number of nitrogens with one attached hydrogen (secondary N) is 1. The summed E-state index contributed by atoms with van der Waals surface area (Å²) in [7, 11) is 0. The molecule has 1 amide bonds. The van der Waals surface area contributed by atoms with Crippen molar-refractivity contribution in [2.45, 2.75) is 328 Å². The first kappa shape index (κ1) is 65.1. The van der Waals surface area contributed by atoms with Crippen molar-refractivity contribution in [3.8, 4) is 0 Å². The number of aliphatic hydroxyl groups is 2. The Morgan fingerprint density at radius 3 is 0.970 bits per heavy atom. The number of rotatable bonds is 55. The second-order valence-electron chi connectivity index (χ2n) is 20.4. The molecule has 0 spiro atoms. The number of unbranched alkanes of at least 4 members (excludes halogenated alkanes) is 40. The zero-order valence-electron chi connectivity index (χ0n) is 45.2. The Morgan fingerprint density at radius 2 is 0.627 bits per heavy atom. The summed E-state index contributed by atoms with van der Waals surface area (Å²) in [5.74, 6) is -0.0759. The maximum atomic E-state index is 12.5. The molecule has 392 valence electrons. The van der Waals surface area contributed by atoms with Crippen LogP contribution in [-0.2, 0) is 4.79 Å². The molecule has 4 heteroatoms. The van der Waals surface area contributed by atoms with Crippen LogP contribution < -0.4 is 5.32 Å². The first-order valence-corrected chi connectivity index (χ1v) is 30.0. The van der Waals surface area contributed by atoms with E-state index in [2.05, 4.69) is 67.8 Å². The van der Waals surface area contributed by atoms with Crippen molar-refractivity contribution < 1.29 is 15.0 Å². The molecule has 0 radical (unpaired) electrons. The predicted octanol–water partition coefficient (Wildman–Crippen LogP) is 20.0. The van der Waals surface area contributed by atoms with Crippen LogP contribution in [0.2, 0.25) is 0 Å². The van der Waals surface area contributed by atoms with E-state index in [4.69, 9.17) is 0 Å². The number of hydrogen-bond donors (Lipinski definition) is 3. The summed E-state index contributed by atoms with van der Waals surface area (Å²) in [6.07, 6.45) is 82.6. The van der Waals surface area contributed by atoms with Gasteiger partial charge in [0, 0.05) is 6.42 Å². The Balaban J connectivity index is 3.53. The summed E-state index contributed by atoms with van der Waals surface area (Å²) < 4.78 is 0. The van der Waals surface area contributed by atoms with Crippen molar-refractivity contribution in [3.63, 3.8) is 0 Å². The van der Waals surface area contributed by atoms with Crippen molar-refractivity contribution in [3.05, 3.63) is 60.8 Å². The van der Waals surface area contributed by atoms with Gasteiger partial charge in [-0.1, -0.05) is 299 Å². The standard InChI is InChI=1S/C63H117NO3/c1-3-5-7-9-11-13-15-17-19-21-23-25-27-29-30-31-32-33-35-36-38-40-42-44-46-48-50-52-54-56-58-62(66)61(60-65)64-63(67)59-57-55-53-51-49-47-45-43-41-39-37-34-28-26-24-22-20-18-16-14-12-10-8-6-4-2/h16,18,22,24,28,34,48,50,56,58,61-62,65-66H,3-15,17,19-21,23,25-27,29-33,35-47,49,51-55,57,59-60H2,1-2H3,(H,64,67)/b18-16-,24-22-,34-28-,50-48+,58-56+. The molecule has 0 heterocycles. The van der Waals surface area contributed by atoms with E-state index in [9.17, 15) is 15.0 Å². The normalized spacial score (nSPS) is 13.2. The monoisotopic (exact) mass is 936 g/mol. The van der Waals surface area contributed by atoms with Gasteiger partial charge in [0.1, 0.15) is 0 Å². The van der Waals surface area contributed by atoms with Crippen LogP contribution in [0.4, 0.5) is 0 Å². The van der Waals surface area contributed by atoms with E-state index < -0.39 is 12.1 Å². The van der Waals surface area contributed by atoms with E-state index >= 15 is 0 Å². The smallest absolute Gasteiger partial charge is 0.220 e. The topological polar surface area (TPSA) is 69.6 Å². The number of carbonyl (C=O) groups excluding carboxylic acids is 1. The lowest BCUT2D eigenvalue weighted by atomic mass is 10.0. The maximum absolute atomic E-state index is 12.5. The summed E-state index contributed by atoms with van der Waals surface area (Å²) >= 11 is 0. The highest BCUT2D eigenvalue weighted by atomic mass is 16.3. The van der Waals surface area contributed by atoms with Gasteiger partial charge in [-0.2, -0.15) is 0 Å². The minimum absolute atomic E-state index is 0.0759. The minimum Gasteiger partial charge on any atom is -0.394 e. The molecule has 0 bridgehead atoms. The van der Waals surface area contributed by atoms with Crippen LogP contribution in [0.15, 0.2) is 60.8 Å². The van der Waals surface area contributed by atoms with E-state index in [1.54, 1.807) is 6.08 Å². The van der Waals surface area contributed by atoms with Gasteiger partial charge in [-0.3, -0.25) is 4.79 Å². The van der Waals surface area contributed by atoms with Gasteiger partial charge in [-0.25, -0.2) is 0 Å². The summed E-state index contributed by atoms with van der Waals surface area (Å²) in [5, 5.41) is 23.2. The van der Waals surface area contributed by atoms with Crippen LogP contribution in [0, 0.1) is 0 Å². The first-order valence-electron chi connectivity index (χ1n) is 30.0. The Hall–Kier alpha value is -1.91. The predicted molar refractivity (Wildman–Crippen MR) is 299 cm³/mol. The van der Waals surface area contributed by atoms with Gasteiger partial charge in [-0.15, -0.1) is 0 Å². The van der Waals surface area contributed by atoms with E-state index in [0.29, 0.717) is 6.42 Å². The molecule has 0 rings (SSSR count). The highest BCUT2D eigenvalue weighted by Gasteiger charge is 2.18. The van der Waals surface area contributed by atoms with Gasteiger partial charge >= 0.3 is 0 Å². The third kappa shape index (κ3) is 54.9. The second kappa shape index (κ2) is 58.4. The average Bonchev–Trinajstić information content (AvgIpc) is 3.33. The molecule has 4 nitrogen and oxygen atoms in total. The molecule has 2 unspecified atom stereocenters. The van der Waals surface area contributed by atoms with Crippen LogP contribution in [0.25, 0.3) is 0 Å². The highest BCUT2D eigenvalue weighted by molar-refractivity contribution is 5.76. The van der Waals surface area contributed by atoms with Gasteiger partial charge in [0.2, 0.25) is 5.91 Å². The molecule has 0 aromatic heterocycles. The average molecular weight is 937 g/mol. The van der Waals surface area contributed by atoms with Crippen molar-refractivity contribution in [2.75, 3.05) is 6.61 Å². The molecular weight excluding hydrogens is 819 g/mol. The van der Waals surface area contributed by atoms with Crippen LogP contribution in [-0.4, -0.2) is 34.9 Å². The Kier molecular flexibility index (Phi) is 56.7. The summed E-state index contributed by atoms with van der Waals surface area (Å²) in [5.41, 5.74) is 0. The molecule has 0 saturated carbocycles. The third-order valence-corrected chi connectivity index (χ3v) is 13.7. The zero-order chi connectivity index (χ0) is 48.5. The zero-order valence-corrected chi connectivity index (χ0v) is 45.2. The molecule has 0 aromatic carbocycles. The van der Waals surface area contributed by atoms with E-state index in [1.807, 2.05) is 6.08 Å². The number of hydrogen-bond acceptors (Lipinski definition) is 3. The van der Waals surface area contributed by atoms with E-state index in [1.165, 1.54) is 250 Å². The van der Waals surface area contributed by atoms with Gasteiger partial charge in [-0.05, 0) is 70.6 Å². The number of aliphatic hydroxyl groups excluding tert-OH is 2. The van der Waals surface area contributed by atoms with Crippen molar-refractivity contribution in [1.29, 1.82) is 0 Å². The fraction of sp³-hybridized carbons (Fsp3) is 0.825. The first-order chi connectivity index (χ1) is 33.2. The molecule has 0 fully saturated rings. The lowest BCUT2D eigenvalue weighted by Gasteiger charge is -2.19. The van der Waals surface area contributed by atoms with Gasteiger partial charge in [0.25, 0.3) is 0 Å². The molecule has 0 aromatic rings. The summed E-state index contributed by atoms with van der Waals surface area (Å²) in [6, 6.07) is -0.645. The highest BCUT2D eigenvalue weighted by Crippen LogP contribution is 2.17. The molecular formula is C63H117NO3. The molecule has 0 aliphatic carbocycles. The lowest BCUT2D eigenvalue weighted by molar-refractivity contribution is -0.123. The van der Waals surface area contributed by atoms with Crippen molar-refractivity contribution >= 4 is 5.91 Å². The van der Waals surface area contributed by atoms with Crippen LogP contribution in [0.5, 0.6) is 0 Å². The number of allylic oxidation sites excluding steroid dienone is 9. The largest absolute Gasteiger partial charge is 0.394 e. The molecule has 2 atom stereocenters. The van der Waals surface area contributed by atoms with Crippen LogP contribution in [0.1, 0.15) is 316 Å². The molecule has 0 aliphatic rings. The van der Waals surface area contributed by atoms with Crippen molar-refractivity contribution in [2.24, 2.45) is 0 Å². The van der Waals surface area contributed by atoms with Gasteiger partial charge in [0.05, 0.1) is 18.8 Å². The molecule has 0 saturated heterocycles. The van der Waals surface area contributed by atoms with E-state index in [0.717, 1.165) is 44.9 Å². The van der Waals surface area contributed by atoms with Crippen LogP contribution >= 0.6 is 0 Å². The fourth-order valence-corrected chi connectivity index (χ4v) is 9.15. The Bertz CT molecular complexity index is 1110. The minimum atomic E-state index is -0.868. The fourth-order valence-electron chi connectivity index (χ4n) is 9.15. The quantitative estimate of drug-likeness (QED) is 0.0420. The lowest BCUT2D eigenvalue weighted by Crippen LogP contribution is -2.45.